The Labute approximate surface area is 167 Å². The van der Waals surface area contributed by atoms with Gasteiger partial charge in [-0.15, -0.1) is 0 Å². The number of hydrogen-bond donors (Lipinski definition) is 1. The van der Waals surface area contributed by atoms with E-state index in [1.807, 2.05) is 4.90 Å². The predicted molar refractivity (Wildman–Crippen MR) is 105 cm³/mol. The van der Waals surface area contributed by atoms with Crippen LogP contribution in [-0.4, -0.2) is 40.6 Å². The molecule has 7 nitrogen and oxygen atoms in total. The van der Waals surface area contributed by atoms with E-state index in [4.69, 9.17) is 4.74 Å². The Morgan fingerprint density at radius 2 is 1.93 bits per heavy atom. The number of hydrogen-bond acceptors (Lipinski definition) is 5. The van der Waals surface area contributed by atoms with Gasteiger partial charge in [-0.2, -0.15) is 0 Å². The zero-order valence-corrected chi connectivity index (χ0v) is 15.9. The minimum Gasteiger partial charge on any atom is -0.370 e. The first-order chi connectivity index (χ1) is 14.1. The Balaban J connectivity index is 1.34. The third-order valence-corrected chi connectivity index (χ3v) is 5.94. The van der Waals surface area contributed by atoms with Gasteiger partial charge < -0.3 is 9.64 Å². The summed E-state index contributed by atoms with van der Waals surface area (Å²) >= 11 is 0. The summed E-state index contributed by atoms with van der Waals surface area (Å²) < 4.78 is 10.8. The van der Waals surface area contributed by atoms with Crippen molar-refractivity contribution < 1.29 is 14.1 Å². The lowest BCUT2D eigenvalue weighted by atomic mass is 9.79. The molecule has 29 heavy (non-hydrogen) atoms. The fourth-order valence-corrected chi connectivity index (χ4v) is 4.44. The number of carbonyl (C=O) groups excluding carboxylic acids is 1. The van der Waals surface area contributed by atoms with E-state index in [1.54, 1.807) is 24.3 Å². The first kappa shape index (κ1) is 17.9. The van der Waals surface area contributed by atoms with Crippen LogP contribution in [-0.2, 0) is 16.8 Å². The van der Waals surface area contributed by atoms with Crippen LogP contribution in [0, 0.1) is 0 Å². The van der Waals surface area contributed by atoms with Gasteiger partial charge >= 0.3 is 5.76 Å². The van der Waals surface area contributed by atoms with Gasteiger partial charge in [0.2, 0.25) is 0 Å². The number of amides is 1. The molecule has 5 rings (SSSR count). The number of H-pyrrole nitrogens is 1. The number of benzene rings is 2. The van der Waals surface area contributed by atoms with Crippen molar-refractivity contribution in [3.05, 3.63) is 75.8 Å². The maximum atomic E-state index is 13.1. The van der Waals surface area contributed by atoms with E-state index in [2.05, 4.69) is 38.9 Å². The smallest absolute Gasteiger partial charge is 0.370 e. The minimum atomic E-state index is -0.620. The van der Waals surface area contributed by atoms with Crippen molar-refractivity contribution >= 4 is 5.91 Å². The van der Waals surface area contributed by atoms with E-state index in [0.29, 0.717) is 30.0 Å². The second kappa shape index (κ2) is 7.00. The van der Waals surface area contributed by atoms with E-state index in [9.17, 15) is 9.59 Å². The minimum absolute atomic E-state index is 0.0309. The van der Waals surface area contributed by atoms with Crippen molar-refractivity contribution in [1.29, 1.82) is 0 Å². The number of nitrogens with one attached hydrogen (secondary N) is 1. The molecule has 2 aliphatic heterocycles. The first-order valence-electron chi connectivity index (χ1n) is 9.83. The molecule has 7 heteroatoms. The van der Waals surface area contributed by atoms with Gasteiger partial charge in [0.25, 0.3) is 5.91 Å². The summed E-state index contributed by atoms with van der Waals surface area (Å²) in [4.78, 5) is 28.7. The third-order valence-electron chi connectivity index (χ3n) is 5.94. The summed E-state index contributed by atoms with van der Waals surface area (Å²) in [5.74, 6) is -0.336. The number of ether oxygens (including phenoxy) is 1. The van der Waals surface area contributed by atoms with Crippen LogP contribution < -0.4 is 5.76 Å². The molecule has 3 heterocycles. The average Bonchev–Trinajstić information content (AvgIpc) is 3.21. The molecule has 0 bridgehead atoms. The topological polar surface area (TPSA) is 88.4 Å². The number of carbonyl (C=O) groups is 1. The van der Waals surface area contributed by atoms with Crippen LogP contribution in [0.15, 0.2) is 57.8 Å². The molecule has 1 amide bonds. The molecule has 0 saturated carbocycles. The standard InChI is InChI=1S/C22H21N3O4/c26-20(17-6-3-5-16(14-17)19-23-21(27)29-24-19)25-11-9-22(10-12-25)18-7-2-1-4-15(18)8-13-28-22/h1-7,14H,8-13H2,(H,23,24,27). The molecule has 1 aromatic heterocycles. The second-order valence-corrected chi connectivity index (χ2v) is 7.57. The molecule has 148 valence electrons. The molecule has 0 radical (unpaired) electrons. The largest absolute Gasteiger partial charge is 0.439 e. The first-order valence-corrected chi connectivity index (χ1v) is 9.83. The summed E-state index contributed by atoms with van der Waals surface area (Å²) in [5, 5.41) is 3.69. The number of nitrogens with zero attached hydrogens (tertiary/aromatic N) is 2. The number of piperidine rings is 1. The monoisotopic (exact) mass is 391 g/mol. The molecule has 1 saturated heterocycles. The molecular weight excluding hydrogens is 370 g/mol. The predicted octanol–water partition coefficient (Wildman–Crippen LogP) is 2.73. The average molecular weight is 391 g/mol. The number of rotatable bonds is 2. The van der Waals surface area contributed by atoms with Crippen molar-refractivity contribution in [2.75, 3.05) is 19.7 Å². The van der Waals surface area contributed by atoms with E-state index in [0.717, 1.165) is 25.9 Å². The molecule has 1 spiro atoms. The van der Waals surface area contributed by atoms with Gasteiger partial charge in [-0.25, -0.2) is 4.79 Å². The molecule has 0 aliphatic carbocycles. The molecule has 3 aromatic rings. The van der Waals surface area contributed by atoms with Crippen LogP contribution in [0.5, 0.6) is 0 Å². The summed E-state index contributed by atoms with van der Waals surface area (Å²) in [6.07, 6.45) is 2.51. The van der Waals surface area contributed by atoms with Crippen LogP contribution in [0.25, 0.3) is 11.4 Å². The highest BCUT2D eigenvalue weighted by atomic mass is 16.5. The highest BCUT2D eigenvalue weighted by Gasteiger charge is 2.41. The lowest BCUT2D eigenvalue weighted by Gasteiger charge is -2.45. The van der Waals surface area contributed by atoms with Crippen LogP contribution in [0.2, 0.25) is 0 Å². The SMILES string of the molecule is O=C(c1cccc(-c2noc(=O)[nH]2)c1)N1CCC2(CC1)OCCc1ccccc12. The molecule has 0 unspecified atom stereocenters. The zero-order valence-electron chi connectivity index (χ0n) is 15.9. The van der Waals surface area contributed by atoms with Crippen LogP contribution in [0.1, 0.15) is 34.3 Å². The maximum absolute atomic E-state index is 13.1. The lowest BCUT2D eigenvalue weighted by molar-refractivity contribution is -0.0935. The van der Waals surface area contributed by atoms with Gasteiger partial charge in [0.1, 0.15) is 0 Å². The Kier molecular flexibility index (Phi) is 4.32. The molecule has 0 atom stereocenters. The van der Waals surface area contributed by atoms with Gasteiger partial charge in [-0.05, 0) is 42.5 Å². The normalized spacial score (nSPS) is 17.9. The van der Waals surface area contributed by atoms with Crippen LogP contribution in [0.3, 0.4) is 0 Å². The van der Waals surface area contributed by atoms with Gasteiger partial charge in [0.15, 0.2) is 5.82 Å². The van der Waals surface area contributed by atoms with Crippen molar-refractivity contribution in [2.45, 2.75) is 24.9 Å². The number of aromatic nitrogens is 2. The molecule has 2 aromatic carbocycles. The molecular formula is C22H21N3O4. The van der Waals surface area contributed by atoms with Crippen molar-refractivity contribution in [1.82, 2.24) is 15.0 Å². The summed E-state index contributed by atoms with van der Waals surface area (Å²) in [7, 11) is 0. The van der Waals surface area contributed by atoms with Crippen molar-refractivity contribution in [3.8, 4) is 11.4 Å². The Bertz CT molecular complexity index is 1110. The summed E-state index contributed by atoms with van der Waals surface area (Å²) in [6, 6.07) is 15.5. The van der Waals surface area contributed by atoms with E-state index in [1.165, 1.54) is 11.1 Å². The van der Waals surface area contributed by atoms with Crippen LogP contribution in [0.4, 0.5) is 0 Å². The summed E-state index contributed by atoms with van der Waals surface area (Å²) in [6.45, 7) is 2.00. The highest BCUT2D eigenvalue weighted by Crippen LogP contribution is 2.41. The number of fused-ring (bicyclic) bond motifs is 2. The Morgan fingerprint density at radius 3 is 2.72 bits per heavy atom. The molecule has 1 N–H and O–H groups in total. The fourth-order valence-electron chi connectivity index (χ4n) is 4.44. The van der Waals surface area contributed by atoms with Crippen LogP contribution >= 0.6 is 0 Å². The zero-order chi connectivity index (χ0) is 19.8. The van der Waals surface area contributed by atoms with Gasteiger partial charge in [0.05, 0.1) is 12.2 Å². The maximum Gasteiger partial charge on any atom is 0.439 e. The van der Waals surface area contributed by atoms with E-state index >= 15 is 0 Å². The van der Waals surface area contributed by atoms with E-state index < -0.39 is 5.76 Å². The highest BCUT2D eigenvalue weighted by molar-refractivity contribution is 5.95. The van der Waals surface area contributed by atoms with Crippen molar-refractivity contribution in [2.24, 2.45) is 0 Å². The lowest BCUT2D eigenvalue weighted by Crippen LogP contribution is -2.48. The third kappa shape index (κ3) is 3.17. The van der Waals surface area contributed by atoms with Gasteiger partial charge in [-0.3, -0.25) is 14.3 Å². The Morgan fingerprint density at radius 1 is 1.10 bits per heavy atom. The molecule has 1 fully saturated rings. The second-order valence-electron chi connectivity index (χ2n) is 7.57. The number of aromatic amines is 1. The fraction of sp³-hybridized carbons (Fsp3) is 0.318. The Hall–Kier alpha value is -3.19. The number of likely N-dealkylation sites (tertiary alicyclic amines) is 1. The molecule has 2 aliphatic rings. The van der Waals surface area contributed by atoms with Gasteiger partial charge in [-0.1, -0.05) is 41.6 Å². The summed E-state index contributed by atoms with van der Waals surface area (Å²) in [5.41, 5.74) is 3.54. The van der Waals surface area contributed by atoms with Crippen molar-refractivity contribution in [3.63, 3.8) is 0 Å². The quantitative estimate of drug-likeness (QED) is 0.726. The van der Waals surface area contributed by atoms with Gasteiger partial charge in [0, 0.05) is 24.2 Å². The van der Waals surface area contributed by atoms with E-state index in [-0.39, 0.29) is 11.5 Å².